The minimum atomic E-state index is -1.13. The summed E-state index contributed by atoms with van der Waals surface area (Å²) in [6.07, 6.45) is -2.19. The topological polar surface area (TPSA) is 144 Å². The van der Waals surface area contributed by atoms with E-state index in [-0.39, 0.29) is 26.2 Å². The van der Waals surface area contributed by atoms with Gasteiger partial charge in [0.25, 0.3) is 0 Å². The highest BCUT2D eigenvalue weighted by molar-refractivity contribution is 5.86. The summed E-state index contributed by atoms with van der Waals surface area (Å²) in [6.45, 7) is 10.2. The summed E-state index contributed by atoms with van der Waals surface area (Å²) in [5, 5.41) is 9.97. The molecule has 0 saturated carbocycles. The number of hydrogen-bond acceptors (Lipinski definition) is 7. The van der Waals surface area contributed by atoms with Crippen molar-refractivity contribution in [3.05, 3.63) is 35.9 Å². The third-order valence-corrected chi connectivity index (χ3v) is 3.76. The zero-order valence-electron chi connectivity index (χ0n) is 20.7. The van der Waals surface area contributed by atoms with Crippen LogP contribution in [0.2, 0.25) is 0 Å². The van der Waals surface area contributed by atoms with E-state index in [9.17, 15) is 19.2 Å². The summed E-state index contributed by atoms with van der Waals surface area (Å²) < 4.78 is 15.4. The molecule has 0 aliphatic heterocycles. The van der Waals surface area contributed by atoms with Gasteiger partial charge in [0.05, 0.1) is 6.54 Å². The third-order valence-electron chi connectivity index (χ3n) is 3.76. The lowest BCUT2D eigenvalue weighted by molar-refractivity contribution is -0.123. The highest BCUT2D eigenvalue weighted by atomic mass is 16.6. The van der Waals surface area contributed by atoms with Gasteiger partial charge in [-0.15, -0.1) is 0 Å². The number of alkyl carbamates (subject to hydrolysis) is 3. The van der Waals surface area contributed by atoms with Gasteiger partial charge in [-0.25, -0.2) is 14.4 Å². The fourth-order valence-corrected chi connectivity index (χ4v) is 2.41. The molecule has 1 atom stereocenters. The van der Waals surface area contributed by atoms with Gasteiger partial charge in [-0.3, -0.25) is 4.79 Å². The van der Waals surface area contributed by atoms with Gasteiger partial charge in [0.2, 0.25) is 5.91 Å². The molecule has 4 N–H and O–H groups in total. The monoisotopic (exact) mass is 480 g/mol. The van der Waals surface area contributed by atoms with Crippen LogP contribution >= 0.6 is 0 Å². The molecule has 1 rings (SSSR count). The zero-order chi connectivity index (χ0) is 25.8. The standard InChI is InChI=1S/C23H36N4O7/c1-22(2,3)33-20(30)26-14-17(27-21(31)34-23(4,5)6)18(28)24-12-13-25-19(29)32-15-16-10-8-7-9-11-16/h7-11,17H,12-15H2,1-6H3,(H,24,28)(H,25,29)(H,26,30)(H,27,31). The molecule has 0 aliphatic carbocycles. The lowest BCUT2D eigenvalue weighted by Gasteiger charge is -2.24. The maximum atomic E-state index is 12.6. The number of ether oxygens (including phenoxy) is 3. The van der Waals surface area contributed by atoms with Crippen molar-refractivity contribution in [1.29, 1.82) is 0 Å². The van der Waals surface area contributed by atoms with Gasteiger partial charge in [0, 0.05) is 13.1 Å². The van der Waals surface area contributed by atoms with Gasteiger partial charge in [0.15, 0.2) is 0 Å². The van der Waals surface area contributed by atoms with Crippen LogP contribution in [0.25, 0.3) is 0 Å². The Balaban J connectivity index is 2.51. The van der Waals surface area contributed by atoms with Crippen molar-refractivity contribution < 1.29 is 33.4 Å². The van der Waals surface area contributed by atoms with E-state index in [4.69, 9.17) is 14.2 Å². The van der Waals surface area contributed by atoms with Crippen molar-refractivity contribution in [1.82, 2.24) is 21.3 Å². The van der Waals surface area contributed by atoms with Crippen LogP contribution in [0, 0.1) is 0 Å². The molecular weight excluding hydrogens is 444 g/mol. The normalized spacial score (nSPS) is 12.1. The Bertz CT molecular complexity index is 817. The summed E-state index contributed by atoms with van der Waals surface area (Å²) in [5.41, 5.74) is -0.644. The molecule has 190 valence electrons. The maximum Gasteiger partial charge on any atom is 0.408 e. The number of nitrogens with one attached hydrogen (secondary N) is 4. The SMILES string of the molecule is CC(C)(C)OC(=O)NCC(NC(=O)OC(C)(C)C)C(=O)NCCNC(=O)OCc1ccccc1. The third kappa shape index (κ3) is 13.8. The van der Waals surface area contributed by atoms with Crippen LogP contribution in [0.4, 0.5) is 14.4 Å². The first kappa shape index (κ1) is 28.5. The van der Waals surface area contributed by atoms with Gasteiger partial charge in [-0.2, -0.15) is 0 Å². The number of hydrogen-bond donors (Lipinski definition) is 4. The molecule has 0 aromatic heterocycles. The first-order valence-corrected chi connectivity index (χ1v) is 10.9. The molecule has 0 heterocycles. The summed E-state index contributed by atoms with van der Waals surface area (Å²) in [4.78, 5) is 48.4. The minimum absolute atomic E-state index is 0.0677. The molecule has 1 aromatic rings. The lowest BCUT2D eigenvalue weighted by atomic mass is 10.2. The fraction of sp³-hybridized carbons (Fsp3) is 0.565. The molecule has 0 spiro atoms. The Labute approximate surface area is 200 Å². The number of amides is 4. The second kappa shape index (κ2) is 13.3. The summed E-state index contributed by atoms with van der Waals surface area (Å²) in [6, 6.07) is 8.07. The van der Waals surface area contributed by atoms with Crippen LogP contribution in [0.1, 0.15) is 47.1 Å². The Morgan fingerprint density at radius 1 is 0.765 bits per heavy atom. The summed E-state index contributed by atoms with van der Waals surface area (Å²) in [5.74, 6) is -0.582. The van der Waals surface area contributed by atoms with Crippen LogP contribution in [0.5, 0.6) is 0 Å². The Morgan fingerprint density at radius 3 is 1.91 bits per heavy atom. The molecule has 0 fully saturated rings. The predicted molar refractivity (Wildman–Crippen MR) is 125 cm³/mol. The highest BCUT2D eigenvalue weighted by Crippen LogP contribution is 2.08. The summed E-state index contributed by atoms with van der Waals surface area (Å²) >= 11 is 0. The molecular formula is C23H36N4O7. The second-order valence-corrected chi connectivity index (χ2v) is 9.36. The molecule has 11 heteroatoms. The number of carbonyl (C=O) groups is 4. The first-order chi connectivity index (χ1) is 15.7. The first-order valence-electron chi connectivity index (χ1n) is 10.9. The molecule has 0 radical (unpaired) electrons. The van der Waals surface area contributed by atoms with E-state index >= 15 is 0 Å². The molecule has 1 aromatic carbocycles. The largest absolute Gasteiger partial charge is 0.445 e. The average molecular weight is 481 g/mol. The second-order valence-electron chi connectivity index (χ2n) is 9.36. The van der Waals surface area contributed by atoms with E-state index in [2.05, 4.69) is 21.3 Å². The van der Waals surface area contributed by atoms with Crippen molar-refractivity contribution in [3.63, 3.8) is 0 Å². The van der Waals surface area contributed by atoms with Crippen molar-refractivity contribution in [2.24, 2.45) is 0 Å². The van der Waals surface area contributed by atoms with Crippen LogP contribution < -0.4 is 21.3 Å². The van der Waals surface area contributed by atoms with Crippen molar-refractivity contribution >= 4 is 24.2 Å². The number of rotatable bonds is 9. The maximum absolute atomic E-state index is 12.6. The zero-order valence-corrected chi connectivity index (χ0v) is 20.7. The van der Waals surface area contributed by atoms with E-state index in [1.807, 2.05) is 30.3 Å². The molecule has 34 heavy (non-hydrogen) atoms. The lowest BCUT2D eigenvalue weighted by Crippen LogP contribution is -2.54. The average Bonchev–Trinajstić information content (AvgIpc) is 2.70. The van der Waals surface area contributed by atoms with E-state index in [1.54, 1.807) is 41.5 Å². The van der Waals surface area contributed by atoms with Crippen molar-refractivity contribution in [2.45, 2.75) is 65.4 Å². The van der Waals surface area contributed by atoms with Crippen LogP contribution in [0.15, 0.2) is 30.3 Å². The Hall–Kier alpha value is -3.50. The van der Waals surface area contributed by atoms with E-state index < -0.39 is 41.4 Å². The van der Waals surface area contributed by atoms with Crippen LogP contribution in [0.3, 0.4) is 0 Å². The summed E-state index contributed by atoms with van der Waals surface area (Å²) in [7, 11) is 0. The van der Waals surface area contributed by atoms with Crippen LogP contribution in [-0.4, -0.2) is 61.1 Å². The minimum Gasteiger partial charge on any atom is -0.445 e. The van der Waals surface area contributed by atoms with Gasteiger partial charge < -0.3 is 35.5 Å². The van der Waals surface area contributed by atoms with Gasteiger partial charge in [-0.1, -0.05) is 30.3 Å². The van der Waals surface area contributed by atoms with E-state index in [0.717, 1.165) is 5.56 Å². The molecule has 0 aliphatic rings. The Kier molecular flexibility index (Phi) is 11.1. The quantitative estimate of drug-likeness (QED) is 0.314. The fourth-order valence-electron chi connectivity index (χ4n) is 2.41. The van der Waals surface area contributed by atoms with Gasteiger partial charge in [0.1, 0.15) is 23.9 Å². The van der Waals surface area contributed by atoms with E-state index in [0.29, 0.717) is 0 Å². The van der Waals surface area contributed by atoms with E-state index in [1.165, 1.54) is 0 Å². The molecule has 0 saturated heterocycles. The molecule has 11 nitrogen and oxygen atoms in total. The number of carbonyl (C=O) groups excluding carboxylic acids is 4. The predicted octanol–water partition coefficient (Wildman–Crippen LogP) is 2.45. The molecule has 4 amide bonds. The van der Waals surface area contributed by atoms with Crippen LogP contribution in [-0.2, 0) is 25.6 Å². The molecule has 1 unspecified atom stereocenters. The van der Waals surface area contributed by atoms with Gasteiger partial charge >= 0.3 is 18.3 Å². The van der Waals surface area contributed by atoms with Crippen molar-refractivity contribution in [3.8, 4) is 0 Å². The smallest absolute Gasteiger partial charge is 0.408 e. The van der Waals surface area contributed by atoms with Gasteiger partial charge in [-0.05, 0) is 47.1 Å². The highest BCUT2D eigenvalue weighted by Gasteiger charge is 2.26. The molecule has 0 bridgehead atoms. The van der Waals surface area contributed by atoms with Crippen molar-refractivity contribution in [2.75, 3.05) is 19.6 Å². The number of benzene rings is 1. The Morgan fingerprint density at radius 2 is 1.32 bits per heavy atom.